The van der Waals surface area contributed by atoms with E-state index in [0.717, 1.165) is 4.57 Å². The average molecular weight is 273 g/mol. The fourth-order valence-corrected chi connectivity index (χ4v) is 2.22. The van der Waals surface area contributed by atoms with Gasteiger partial charge in [0.15, 0.2) is 6.29 Å². The van der Waals surface area contributed by atoms with E-state index >= 15 is 0 Å². The van der Waals surface area contributed by atoms with Crippen molar-refractivity contribution in [3.05, 3.63) is 16.1 Å². The number of aromatic nitrogens is 2. The summed E-state index contributed by atoms with van der Waals surface area (Å²) in [5.74, 6) is -1.46. The summed E-state index contributed by atoms with van der Waals surface area (Å²) in [6.45, 7) is 0. The third kappa shape index (κ3) is 1.80. The maximum atomic E-state index is 12.3. The summed E-state index contributed by atoms with van der Waals surface area (Å²) in [4.78, 5) is 14.0. The van der Waals surface area contributed by atoms with Crippen LogP contribution in [0.5, 0.6) is 0 Å². The summed E-state index contributed by atoms with van der Waals surface area (Å²) >= 11 is 11.3. The summed E-state index contributed by atoms with van der Waals surface area (Å²) in [6, 6.07) is -0.846. The van der Waals surface area contributed by atoms with Crippen LogP contribution in [0.4, 0.5) is 13.2 Å². The number of rotatable bonds is 2. The Morgan fingerprint density at radius 3 is 2.44 bits per heavy atom. The second-order valence-corrected chi connectivity index (χ2v) is 4.19. The van der Waals surface area contributed by atoms with E-state index in [0.29, 0.717) is 6.29 Å². The lowest BCUT2D eigenvalue weighted by atomic mass is 10.4. The minimum atomic E-state index is -4.27. The van der Waals surface area contributed by atoms with E-state index in [-0.39, 0.29) is 22.6 Å². The zero-order chi connectivity index (χ0) is 12.1. The quantitative estimate of drug-likeness (QED) is 0.776. The third-order valence-corrected chi connectivity index (χ3v) is 3.10. The highest BCUT2D eigenvalue weighted by Crippen LogP contribution is 2.55. The molecule has 1 saturated carbocycles. The molecule has 0 aromatic carbocycles. The molecule has 0 saturated heterocycles. The van der Waals surface area contributed by atoms with Crippen molar-refractivity contribution >= 4 is 29.5 Å². The lowest BCUT2D eigenvalue weighted by Crippen LogP contribution is -2.13. The van der Waals surface area contributed by atoms with Gasteiger partial charge in [0, 0.05) is 6.04 Å². The van der Waals surface area contributed by atoms with Crippen LogP contribution in [0.2, 0.25) is 10.4 Å². The van der Waals surface area contributed by atoms with E-state index in [1.807, 2.05) is 0 Å². The summed E-state index contributed by atoms with van der Waals surface area (Å²) in [5, 5.41) is -0.333. The van der Waals surface area contributed by atoms with Gasteiger partial charge in [-0.2, -0.15) is 13.2 Å². The van der Waals surface area contributed by atoms with E-state index in [1.54, 1.807) is 0 Å². The molecular formula is C8H5Cl2F3N2O. The van der Waals surface area contributed by atoms with Crippen molar-refractivity contribution in [2.45, 2.75) is 18.6 Å². The van der Waals surface area contributed by atoms with E-state index < -0.39 is 18.1 Å². The number of carbonyl (C=O) groups is 1. The standard InChI is InChI=1S/C8H5Cl2F3N2O/c9-6-4(2-16)14-7(10)15(6)5-1-3(5)8(11,12)13/h2-3,5H,1H2. The predicted molar refractivity (Wildman–Crippen MR) is 50.8 cm³/mol. The first kappa shape index (κ1) is 11.7. The van der Waals surface area contributed by atoms with Crippen LogP contribution in [0, 0.1) is 5.92 Å². The van der Waals surface area contributed by atoms with Crippen LogP contribution < -0.4 is 0 Å². The molecule has 2 rings (SSSR count). The summed E-state index contributed by atoms with van der Waals surface area (Å²) in [6.07, 6.45) is -4.00. The first-order valence-electron chi connectivity index (χ1n) is 4.31. The predicted octanol–water partition coefficient (Wildman–Crippen LogP) is 3.13. The Labute approximate surface area is 98.2 Å². The van der Waals surface area contributed by atoms with Crippen molar-refractivity contribution in [2.75, 3.05) is 0 Å². The number of imidazole rings is 1. The van der Waals surface area contributed by atoms with Crippen LogP contribution in [-0.4, -0.2) is 22.0 Å². The van der Waals surface area contributed by atoms with Crippen LogP contribution >= 0.6 is 23.2 Å². The van der Waals surface area contributed by atoms with E-state index in [1.165, 1.54) is 0 Å². The van der Waals surface area contributed by atoms with Crippen molar-refractivity contribution in [3.63, 3.8) is 0 Å². The molecule has 88 valence electrons. The number of alkyl halides is 3. The molecule has 0 amide bonds. The van der Waals surface area contributed by atoms with Gasteiger partial charge in [0.1, 0.15) is 10.8 Å². The highest BCUT2D eigenvalue weighted by Gasteiger charge is 2.57. The van der Waals surface area contributed by atoms with Gasteiger partial charge in [-0.25, -0.2) is 4.98 Å². The molecule has 1 aliphatic rings. The molecule has 1 aromatic heterocycles. The Balaban J connectivity index is 2.31. The molecule has 8 heteroatoms. The fourth-order valence-electron chi connectivity index (χ4n) is 1.58. The van der Waals surface area contributed by atoms with Crippen LogP contribution in [0.3, 0.4) is 0 Å². The zero-order valence-corrected chi connectivity index (χ0v) is 9.14. The van der Waals surface area contributed by atoms with Gasteiger partial charge in [0.2, 0.25) is 5.28 Å². The number of halogens is 5. The minimum absolute atomic E-state index is 0.0857. The summed E-state index contributed by atoms with van der Waals surface area (Å²) < 4.78 is 38.1. The summed E-state index contributed by atoms with van der Waals surface area (Å²) in [5.41, 5.74) is -0.139. The number of hydrogen-bond acceptors (Lipinski definition) is 2. The molecule has 1 fully saturated rings. The third-order valence-electron chi connectivity index (χ3n) is 2.45. The normalized spacial score (nSPS) is 24.6. The van der Waals surface area contributed by atoms with Gasteiger partial charge in [-0.1, -0.05) is 11.6 Å². The molecule has 3 nitrogen and oxygen atoms in total. The Bertz CT molecular complexity index is 443. The van der Waals surface area contributed by atoms with Crippen molar-refractivity contribution in [3.8, 4) is 0 Å². The SMILES string of the molecule is O=Cc1nc(Cl)n(C2CC2C(F)(F)F)c1Cl. The van der Waals surface area contributed by atoms with E-state index in [9.17, 15) is 18.0 Å². The number of aldehydes is 1. The van der Waals surface area contributed by atoms with E-state index in [4.69, 9.17) is 23.2 Å². The average Bonchev–Trinajstić information content (AvgIpc) is 2.89. The summed E-state index contributed by atoms with van der Waals surface area (Å²) in [7, 11) is 0. The number of carbonyl (C=O) groups excluding carboxylic acids is 1. The van der Waals surface area contributed by atoms with Gasteiger partial charge in [0.05, 0.1) is 5.92 Å². The van der Waals surface area contributed by atoms with Crippen LogP contribution in [0.1, 0.15) is 23.0 Å². The van der Waals surface area contributed by atoms with Crippen LogP contribution in [0.25, 0.3) is 0 Å². The Morgan fingerprint density at radius 1 is 1.44 bits per heavy atom. The van der Waals surface area contributed by atoms with Gasteiger partial charge in [-0.05, 0) is 18.0 Å². The Hall–Kier alpha value is -0.750. The molecule has 0 bridgehead atoms. The first-order chi connectivity index (χ1) is 7.36. The number of hydrogen-bond donors (Lipinski definition) is 0. The van der Waals surface area contributed by atoms with Gasteiger partial charge < -0.3 is 4.57 Å². The van der Waals surface area contributed by atoms with Crippen LogP contribution in [0.15, 0.2) is 0 Å². The molecule has 0 N–H and O–H groups in total. The minimum Gasteiger partial charge on any atom is -0.301 e. The van der Waals surface area contributed by atoms with Gasteiger partial charge >= 0.3 is 6.18 Å². The lowest BCUT2D eigenvalue weighted by molar-refractivity contribution is -0.150. The maximum absolute atomic E-state index is 12.3. The highest BCUT2D eigenvalue weighted by molar-refractivity contribution is 6.34. The molecule has 2 atom stereocenters. The molecule has 0 aliphatic heterocycles. The first-order valence-corrected chi connectivity index (χ1v) is 5.07. The topological polar surface area (TPSA) is 34.9 Å². The Kier molecular flexibility index (Phi) is 2.66. The lowest BCUT2D eigenvalue weighted by Gasteiger charge is -2.07. The van der Waals surface area contributed by atoms with E-state index in [2.05, 4.69) is 4.98 Å². The van der Waals surface area contributed by atoms with Crippen molar-refractivity contribution in [1.29, 1.82) is 0 Å². The zero-order valence-electron chi connectivity index (χ0n) is 7.63. The maximum Gasteiger partial charge on any atom is 0.393 e. The Morgan fingerprint density at radius 2 is 2.06 bits per heavy atom. The molecule has 1 aromatic rings. The van der Waals surface area contributed by atoms with Crippen molar-refractivity contribution in [2.24, 2.45) is 5.92 Å². The largest absolute Gasteiger partial charge is 0.393 e. The fraction of sp³-hybridized carbons (Fsp3) is 0.500. The second-order valence-electron chi connectivity index (χ2n) is 3.50. The molecule has 0 spiro atoms. The molecule has 2 unspecified atom stereocenters. The molecule has 16 heavy (non-hydrogen) atoms. The highest BCUT2D eigenvalue weighted by atomic mass is 35.5. The van der Waals surface area contributed by atoms with Gasteiger partial charge in [-0.3, -0.25) is 4.79 Å². The molecule has 1 heterocycles. The smallest absolute Gasteiger partial charge is 0.301 e. The van der Waals surface area contributed by atoms with Crippen molar-refractivity contribution in [1.82, 2.24) is 9.55 Å². The molecule has 1 aliphatic carbocycles. The van der Waals surface area contributed by atoms with Crippen LogP contribution in [-0.2, 0) is 0 Å². The van der Waals surface area contributed by atoms with Gasteiger partial charge in [-0.15, -0.1) is 0 Å². The number of nitrogens with zero attached hydrogens (tertiary/aromatic N) is 2. The van der Waals surface area contributed by atoms with Crippen molar-refractivity contribution < 1.29 is 18.0 Å². The molecule has 0 radical (unpaired) electrons. The second kappa shape index (κ2) is 3.63. The van der Waals surface area contributed by atoms with Gasteiger partial charge in [0.25, 0.3) is 0 Å². The molecular weight excluding hydrogens is 268 g/mol. The monoisotopic (exact) mass is 272 g/mol.